The highest BCUT2D eigenvalue weighted by Gasteiger charge is 2.07. The Bertz CT molecular complexity index is 756. The van der Waals surface area contributed by atoms with Gasteiger partial charge in [0.05, 0.1) is 4.90 Å². The zero-order chi connectivity index (χ0) is 16.2. The summed E-state index contributed by atoms with van der Waals surface area (Å²) in [6.45, 7) is 0.441. The van der Waals surface area contributed by atoms with Crippen LogP contribution in [0.2, 0.25) is 5.02 Å². The van der Waals surface area contributed by atoms with Crippen LogP contribution < -0.4 is 10.5 Å². The Hall–Kier alpha value is -1.89. The third-order valence-corrected chi connectivity index (χ3v) is 4.24. The average molecular weight is 339 g/mol. The van der Waals surface area contributed by atoms with Crippen LogP contribution in [0.5, 0.6) is 0 Å². The second-order valence-corrected chi connectivity index (χ2v) is 6.70. The van der Waals surface area contributed by atoms with Crippen molar-refractivity contribution in [3.63, 3.8) is 0 Å². The molecule has 2 aromatic rings. The number of rotatable bonds is 5. The summed E-state index contributed by atoms with van der Waals surface area (Å²) >= 11 is 5.76. The second kappa shape index (κ2) is 6.91. The lowest BCUT2D eigenvalue weighted by atomic mass is 10.1. The van der Waals surface area contributed by atoms with Gasteiger partial charge in [-0.2, -0.15) is 0 Å². The summed E-state index contributed by atoms with van der Waals surface area (Å²) in [4.78, 5) is 12.0. The van der Waals surface area contributed by atoms with Gasteiger partial charge in [0, 0.05) is 17.1 Å². The fraction of sp³-hybridized carbons (Fsp3) is 0.133. The number of nitrogens with two attached hydrogens (primary N) is 1. The van der Waals surface area contributed by atoms with Crippen molar-refractivity contribution in [3.05, 3.63) is 64.7 Å². The standard InChI is InChI=1S/C15H15ClN2O3S/c16-13-5-3-12(4-6-13)15(19)18-10-9-11-1-7-14(8-2-11)22(17,20)21/h1-8H,9-10H2,(H,18,19)(H2,17,20,21). The van der Waals surface area contributed by atoms with Crippen LogP contribution in [0.3, 0.4) is 0 Å². The first-order valence-corrected chi connectivity index (χ1v) is 8.44. The summed E-state index contributed by atoms with van der Waals surface area (Å²) in [7, 11) is -3.67. The Morgan fingerprint density at radius 2 is 1.64 bits per heavy atom. The van der Waals surface area contributed by atoms with Crippen molar-refractivity contribution in [2.75, 3.05) is 6.54 Å². The maximum Gasteiger partial charge on any atom is 0.251 e. The minimum absolute atomic E-state index is 0.0708. The van der Waals surface area contributed by atoms with Gasteiger partial charge in [-0.15, -0.1) is 0 Å². The van der Waals surface area contributed by atoms with E-state index in [2.05, 4.69) is 5.32 Å². The Balaban J connectivity index is 1.88. The van der Waals surface area contributed by atoms with E-state index >= 15 is 0 Å². The molecular weight excluding hydrogens is 324 g/mol. The molecule has 0 fully saturated rings. The quantitative estimate of drug-likeness (QED) is 0.873. The summed E-state index contributed by atoms with van der Waals surface area (Å²) in [6, 6.07) is 12.9. The van der Waals surface area contributed by atoms with Gasteiger partial charge >= 0.3 is 0 Å². The van der Waals surface area contributed by atoms with Crippen molar-refractivity contribution < 1.29 is 13.2 Å². The van der Waals surface area contributed by atoms with E-state index in [1.54, 1.807) is 36.4 Å². The number of sulfonamides is 1. The van der Waals surface area contributed by atoms with Gasteiger partial charge in [-0.05, 0) is 48.4 Å². The Labute approximate surface area is 134 Å². The highest BCUT2D eigenvalue weighted by molar-refractivity contribution is 7.89. The lowest BCUT2D eigenvalue weighted by Crippen LogP contribution is -2.25. The first-order chi connectivity index (χ1) is 10.4. The number of halogens is 1. The van der Waals surface area contributed by atoms with Crippen molar-refractivity contribution in [2.24, 2.45) is 5.14 Å². The summed E-state index contributed by atoms with van der Waals surface area (Å²) in [5.41, 5.74) is 1.44. The molecule has 0 heterocycles. The molecule has 0 saturated carbocycles. The van der Waals surface area contributed by atoms with Crippen molar-refractivity contribution >= 4 is 27.5 Å². The molecule has 0 saturated heterocycles. The van der Waals surface area contributed by atoms with Crippen molar-refractivity contribution in [3.8, 4) is 0 Å². The molecule has 0 spiro atoms. The number of carbonyl (C=O) groups is 1. The fourth-order valence-electron chi connectivity index (χ4n) is 1.87. The minimum Gasteiger partial charge on any atom is -0.352 e. The van der Waals surface area contributed by atoms with Crippen LogP contribution in [0, 0.1) is 0 Å². The number of primary sulfonamides is 1. The lowest BCUT2D eigenvalue weighted by molar-refractivity contribution is 0.0954. The average Bonchev–Trinajstić information content (AvgIpc) is 2.47. The molecule has 1 amide bonds. The third kappa shape index (κ3) is 4.56. The molecule has 2 aromatic carbocycles. The summed E-state index contributed by atoms with van der Waals surface area (Å²) in [5, 5.41) is 8.39. The van der Waals surface area contributed by atoms with E-state index in [1.165, 1.54) is 12.1 Å². The highest BCUT2D eigenvalue weighted by Crippen LogP contribution is 2.10. The Morgan fingerprint density at radius 3 is 2.18 bits per heavy atom. The van der Waals surface area contributed by atoms with Crippen molar-refractivity contribution in [1.82, 2.24) is 5.32 Å². The summed E-state index contributed by atoms with van der Waals surface area (Å²) in [6.07, 6.45) is 0.588. The predicted molar refractivity (Wildman–Crippen MR) is 85.3 cm³/mol. The monoisotopic (exact) mass is 338 g/mol. The van der Waals surface area contributed by atoms with Crippen LogP contribution in [-0.4, -0.2) is 20.9 Å². The van der Waals surface area contributed by atoms with E-state index in [9.17, 15) is 13.2 Å². The van der Waals surface area contributed by atoms with Gasteiger partial charge in [0.15, 0.2) is 0 Å². The van der Waals surface area contributed by atoms with E-state index in [4.69, 9.17) is 16.7 Å². The van der Waals surface area contributed by atoms with Gasteiger partial charge < -0.3 is 5.32 Å². The number of amides is 1. The zero-order valence-corrected chi connectivity index (χ0v) is 13.2. The van der Waals surface area contributed by atoms with Crippen LogP contribution in [0.4, 0.5) is 0 Å². The molecule has 0 unspecified atom stereocenters. The maximum atomic E-state index is 11.9. The van der Waals surface area contributed by atoms with Crippen molar-refractivity contribution in [2.45, 2.75) is 11.3 Å². The summed E-state index contributed by atoms with van der Waals surface area (Å²) < 4.78 is 22.3. The van der Waals surface area contributed by atoms with Crippen LogP contribution in [0.15, 0.2) is 53.4 Å². The van der Waals surface area contributed by atoms with Crippen LogP contribution in [0.1, 0.15) is 15.9 Å². The molecule has 116 valence electrons. The molecule has 0 aliphatic rings. The van der Waals surface area contributed by atoms with Crippen LogP contribution >= 0.6 is 11.6 Å². The molecular formula is C15H15ClN2O3S. The molecule has 0 aliphatic carbocycles. The zero-order valence-electron chi connectivity index (χ0n) is 11.6. The van der Waals surface area contributed by atoms with E-state index in [1.807, 2.05) is 0 Å². The van der Waals surface area contributed by atoms with Crippen molar-refractivity contribution in [1.29, 1.82) is 0 Å². The number of hydrogen-bond acceptors (Lipinski definition) is 3. The number of benzene rings is 2. The molecule has 2 rings (SSSR count). The fourth-order valence-corrected chi connectivity index (χ4v) is 2.51. The van der Waals surface area contributed by atoms with E-state index in [0.717, 1.165) is 5.56 Å². The summed E-state index contributed by atoms with van der Waals surface area (Å²) in [5.74, 6) is -0.183. The van der Waals surface area contributed by atoms with E-state index < -0.39 is 10.0 Å². The van der Waals surface area contributed by atoms with Gasteiger partial charge in [-0.3, -0.25) is 4.79 Å². The number of carbonyl (C=O) groups excluding carboxylic acids is 1. The topological polar surface area (TPSA) is 89.3 Å². The second-order valence-electron chi connectivity index (χ2n) is 4.70. The number of nitrogens with one attached hydrogen (secondary N) is 1. The largest absolute Gasteiger partial charge is 0.352 e. The molecule has 5 nitrogen and oxygen atoms in total. The van der Waals surface area contributed by atoms with Gasteiger partial charge in [-0.1, -0.05) is 23.7 Å². The Kier molecular flexibility index (Phi) is 5.18. The SMILES string of the molecule is NS(=O)(=O)c1ccc(CCNC(=O)c2ccc(Cl)cc2)cc1. The van der Waals surface area contributed by atoms with Gasteiger partial charge in [0.1, 0.15) is 0 Å². The third-order valence-electron chi connectivity index (χ3n) is 3.06. The van der Waals surface area contributed by atoms with E-state index in [-0.39, 0.29) is 10.8 Å². The molecule has 0 aliphatic heterocycles. The lowest BCUT2D eigenvalue weighted by Gasteiger charge is -2.06. The molecule has 0 atom stereocenters. The first-order valence-electron chi connectivity index (χ1n) is 6.52. The normalized spacial score (nSPS) is 11.2. The first kappa shape index (κ1) is 16.5. The van der Waals surface area contributed by atoms with Gasteiger partial charge in [-0.25, -0.2) is 13.6 Å². The van der Waals surface area contributed by atoms with Crippen LogP contribution in [0.25, 0.3) is 0 Å². The molecule has 0 bridgehead atoms. The van der Waals surface area contributed by atoms with E-state index in [0.29, 0.717) is 23.6 Å². The maximum absolute atomic E-state index is 11.9. The number of hydrogen-bond donors (Lipinski definition) is 2. The Morgan fingerprint density at radius 1 is 1.05 bits per heavy atom. The molecule has 22 heavy (non-hydrogen) atoms. The predicted octanol–water partition coefficient (Wildman–Crippen LogP) is 1.96. The van der Waals surface area contributed by atoms with Gasteiger partial charge in [0.25, 0.3) is 5.91 Å². The minimum atomic E-state index is -3.67. The molecule has 3 N–H and O–H groups in total. The van der Waals surface area contributed by atoms with Crippen LogP contribution in [-0.2, 0) is 16.4 Å². The molecule has 7 heteroatoms. The van der Waals surface area contributed by atoms with Gasteiger partial charge in [0.2, 0.25) is 10.0 Å². The molecule has 0 aromatic heterocycles. The molecule has 0 radical (unpaired) electrons. The highest BCUT2D eigenvalue weighted by atomic mass is 35.5. The smallest absolute Gasteiger partial charge is 0.251 e.